The first-order chi connectivity index (χ1) is 9.35. The van der Waals surface area contributed by atoms with Gasteiger partial charge in [0.1, 0.15) is 11.6 Å². The minimum Gasteiger partial charge on any atom is -0.368 e. The number of halogens is 2. The average Bonchev–Trinajstić information content (AvgIpc) is 2.39. The zero-order chi connectivity index (χ0) is 14.8. The number of piperidine rings is 1. The fraction of sp³-hybridized carbons (Fsp3) is 0.625. The molecule has 112 valence electrons. The Morgan fingerprint density at radius 3 is 2.75 bits per heavy atom. The largest absolute Gasteiger partial charge is 0.368 e. The van der Waals surface area contributed by atoms with Crippen molar-refractivity contribution in [3.63, 3.8) is 0 Å². The Morgan fingerprint density at radius 1 is 1.30 bits per heavy atom. The molecule has 2 nitrogen and oxygen atoms in total. The summed E-state index contributed by atoms with van der Waals surface area (Å²) in [6, 6.07) is 4.00. The highest BCUT2D eigenvalue weighted by molar-refractivity contribution is 5.48. The topological polar surface area (TPSA) is 15.3 Å². The molecule has 0 radical (unpaired) electrons. The third kappa shape index (κ3) is 4.17. The Kier molecular flexibility index (Phi) is 4.63. The van der Waals surface area contributed by atoms with Crippen molar-refractivity contribution in [1.29, 1.82) is 0 Å². The van der Waals surface area contributed by atoms with E-state index in [0.717, 1.165) is 38.5 Å². The second kappa shape index (κ2) is 6.08. The number of rotatable bonds is 3. The number of nitrogens with one attached hydrogen (secondary N) is 1. The van der Waals surface area contributed by atoms with E-state index in [4.69, 9.17) is 0 Å². The van der Waals surface area contributed by atoms with E-state index in [1.54, 1.807) is 0 Å². The van der Waals surface area contributed by atoms with Crippen LogP contribution in [-0.2, 0) is 0 Å². The van der Waals surface area contributed by atoms with Gasteiger partial charge in [0, 0.05) is 31.7 Å². The Morgan fingerprint density at radius 2 is 2.05 bits per heavy atom. The van der Waals surface area contributed by atoms with Gasteiger partial charge in [-0.1, -0.05) is 20.8 Å². The molecule has 0 amide bonds. The maximum atomic E-state index is 13.8. The van der Waals surface area contributed by atoms with E-state index in [0.29, 0.717) is 11.7 Å². The molecule has 1 fully saturated rings. The van der Waals surface area contributed by atoms with Gasteiger partial charge in [0.05, 0.1) is 5.69 Å². The maximum Gasteiger partial charge on any atom is 0.146 e. The molecule has 1 saturated heterocycles. The van der Waals surface area contributed by atoms with Gasteiger partial charge in [-0.25, -0.2) is 8.78 Å². The molecule has 1 N–H and O–H groups in total. The van der Waals surface area contributed by atoms with Crippen molar-refractivity contribution < 1.29 is 8.78 Å². The van der Waals surface area contributed by atoms with Gasteiger partial charge in [-0.15, -0.1) is 0 Å². The van der Waals surface area contributed by atoms with Crippen molar-refractivity contribution in [2.75, 3.05) is 24.5 Å². The fourth-order valence-electron chi connectivity index (χ4n) is 2.54. The summed E-state index contributed by atoms with van der Waals surface area (Å²) in [5.74, 6) is -0.728. The Hall–Kier alpha value is -1.16. The highest BCUT2D eigenvalue weighted by Gasteiger charge is 2.23. The number of nitrogens with zero attached hydrogens (tertiary/aromatic N) is 1. The normalized spacial score (nSPS) is 20.2. The lowest BCUT2D eigenvalue weighted by atomic mass is 9.95. The summed E-state index contributed by atoms with van der Waals surface area (Å²) in [5, 5.41) is 3.54. The SMILES string of the molecule is CC(C)(C)CNC1CCCN(c2cc(F)ccc2F)C1. The number of hydrogen-bond acceptors (Lipinski definition) is 2. The first kappa shape index (κ1) is 15.2. The van der Waals surface area contributed by atoms with Crippen molar-refractivity contribution in [2.45, 2.75) is 39.7 Å². The van der Waals surface area contributed by atoms with E-state index in [1.165, 1.54) is 12.1 Å². The molecule has 1 heterocycles. The van der Waals surface area contributed by atoms with Crippen LogP contribution < -0.4 is 10.2 Å². The summed E-state index contributed by atoms with van der Waals surface area (Å²) in [6.07, 6.45) is 2.08. The van der Waals surface area contributed by atoms with Crippen molar-refractivity contribution in [3.05, 3.63) is 29.8 Å². The maximum absolute atomic E-state index is 13.8. The Balaban J connectivity index is 2.01. The summed E-state index contributed by atoms with van der Waals surface area (Å²) >= 11 is 0. The quantitative estimate of drug-likeness (QED) is 0.911. The third-order valence-electron chi connectivity index (χ3n) is 3.59. The van der Waals surface area contributed by atoms with Gasteiger partial charge in [0.25, 0.3) is 0 Å². The van der Waals surface area contributed by atoms with Crippen LogP contribution in [0.25, 0.3) is 0 Å². The fourth-order valence-corrected chi connectivity index (χ4v) is 2.54. The predicted octanol–water partition coefficient (Wildman–Crippen LogP) is 3.57. The minimum absolute atomic E-state index is 0.229. The monoisotopic (exact) mass is 282 g/mol. The zero-order valence-corrected chi connectivity index (χ0v) is 12.5. The lowest BCUT2D eigenvalue weighted by Gasteiger charge is -2.36. The van der Waals surface area contributed by atoms with Gasteiger partial charge in [-0.05, 0) is 30.4 Å². The van der Waals surface area contributed by atoms with Crippen molar-refractivity contribution >= 4 is 5.69 Å². The molecular weight excluding hydrogens is 258 g/mol. The van der Waals surface area contributed by atoms with E-state index in [1.807, 2.05) is 4.90 Å². The molecule has 20 heavy (non-hydrogen) atoms. The molecule has 1 aromatic carbocycles. The molecule has 1 atom stereocenters. The second-order valence-corrected chi connectivity index (χ2v) is 6.82. The first-order valence-electron chi connectivity index (χ1n) is 7.28. The van der Waals surface area contributed by atoms with Crippen LogP contribution in [0.15, 0.2) is 18.2 Å². The van der Waals surface area contributed by atoms with Crippen LogP contribution in [0.1, 0.15) is 33.6 Å². The van der Waals surface area contributed by atoms with Crippen LogP contribution in [0.5, 0.6) is 0 Å². The van der Waals surface area contributed by atoms with Crippen LogP contribution >= 0.6 is 0 Å². The molecule has 1 unspecified atom stereocenters. The van der Waals surface area contributed by atoms with Gasteiger partial charge in [0.2, 0.25) is 0 Å². The molecule has 0 aromatic heterocycles. The standard InChI is InChI=1S/C16H24F2N2/c1-16(2,3)11-19-13-5-4-8-20(10-13)15-9-12(17)6-7-14(15)18/h6-7,9,13,19H,4-5,8,10-11H2,1-3H3. The van der Waals surface area contributed by atoms with Crippen LogP contribution in [-0.4, -0.2) is 25.7 Å². The van der Waals surface area contributed by atoms with Gasteiger partial charge in [-0.2, -0.15) is 0 Å². The van der Waals surface area contributed by atoms with Gasteiger partial charge in [0.15, 0.2) is 0 Å². The van der Waals surface area contributed by atoms with E-state index in [9.17, 15) is 8.78 Å². The average molecular weight is 282 g/mol. The Bertz CT molecular complexity index is 454. The smallest absolute Gasteiger partial charge is 0.146 e. The molecule has 1 aliphatic rings. The molecule has 0 aliphatic carbocycles. The van der Waals surface area contributed by atoms with Crippen molar-refractivity contribution in [3.8, 4) is 0 Å². The lowest BCUT2D eigenvalue weighted by Crippen LogP contribution is -2.48. The highest BCUT2D eigenvalue weighted by atomic mass is 19.1. The summed E-state index contributed by atoms with van der Waals surface area (Å²) in [7, 11) is 0. The van der Waals surface area contributed by atoms with E-state index < -0.39 is 0 Å². The van der Waals surface area contributed by atoms with Crippen molar-refractivity contribution in [1.82, 2.24) is 5.32 Å². The zero-order valence-electron chi connectivity index (χ0n) is 12.5. The molecule has 0 bridgehead atoms. The molecular formula is C16H24F2N2. The van der Waals surface area contributed by atoms with Crippen LogP contribution in [0.2, 0.25) is 0 Å². The van der Waals surface area contributed by atoms with Crippen molar-refractivity contribution in [2.24, 2.45) is 5.41 Å². The van der Waals surface area contributed by atoms with Crippen LogP contribution in [0, 0.1) is 17.0 Å². The van der Waals surface area contributed by atoms with Crippen LogP contribution in [0.3, 0.4) is 0 Å². The molecule has 1 aliphatic heterocycles. The minimum atomic E-state index is -0.383. The van der Waals surface area contributed by atoms with Gasteiger partial charge >= 0.3 is 0 Å². The van der Waals surface area contributed by atoms with Gasteiger partial charge in [-0.3, -0.25) is 0 Å². The second-order valence-electron chi connectivity index (χ2n) is 6.82. The summed E-state index contributed by atoms with van der Waals surface area (Å²) in [5.41, 5.74) is 0.610. The highest BCUT2D eigenvalue weighted by Crippen LogP contribution is 2.24. The third-order valence-corrected chi connectivity index (χ3v) is 3.59. The molecule has 1 aromatic rings. The summed E-state index contributed by atoms with van der Waals surface area (Å²) in [4.78, 5) is 1.95. The Labute approximate surface area is 120 Å². The molecule has 0 saturated carbocycles. The molecule has 4 heteroatoms. The van der Waals surface area contributed by atoms with E-state index >= 15 is 0 Å². The van der Waals surface area contributed by atoms with E-state index in [2.05, 4.69) is 26.1 Å². The lowest BCUT2D eigenvalue weighted by molar-refractivity contribution is 0.328. The molecule has 0 spiro atoms. The van der Waals surface area contributed by atoms with E-state index in [-0.39, 0.29) is 17.0 Å². The molecule has 2 rings (SSSR count). The number of hydrogen-bond donors (Lipinski definition) is 1. The summed E-state index contributed by atoms with van der Waals surface area (Å²) < 4.78 is 27.1. The summed E-state index contributed by atoms with van der Waals surface area (Å²) in [6.45, 7) is 9.01. The number of benzene rings is 1. The number of anilines is 1. The first-order valence-corrected chi connectivity index (χ1v) is 7.28. The van der Waals surface area contributed by atoms with Gasteiger partial charge < -0.3 is 10.2 Å². The predicted molar refractivity (Wildman–Crippen MR) is 79.1 cm³/mol. The van der Waals surface area contributed by atoms with Crippen LogP contribution in [0.4, 0.5) is 14.5 Å².